The highest BCUT2D eigenvalue weighted by Crippen LogP contribution is 2.24. The summed E-state index contributed by atoms with van der Waals surface area (Å²) in [6.07, 6.45) is 1.75. The molecule has 0 atom stereocenters. The predicted octanol–water partition coefficient (Wildman–Crippen LogP) is 3.57. The molecule has 0 radical (unpaired) electrons. The summed E-state index contributed by atoms with van der Waals surface area (Å²) in [5, 5.41) is 10.2. The van der Waals surface area contributed by atoms with Crippen LogP contribution in [0.2, 0.25) is 0 Å². The zero-order chi connectivity index (χ0) is 20.1. The number of amides is 1. The number of thioether (sulfide) groups is 1. The maximum Gasteiger partial charge on any atom is 0.322 e. The summed E-state index contributed by atoms with van der Waals surface area (Å²) >= 11 is 1.59. The number of carbonyl (C=O) groups excluding carboxylic acids is 1. The van der Waals surface area contributed by atoms with Crippen molar-refractivity contribution < 1.29 is 17.6 Å². The largest absolute Gasteiger partial charge is 0.403 e. The highest BCUT2D eigenvalue weighted by molar-refractivity contribution is 7.98. The number of anilines is 1. The van der Waals surface area contributed by atoms with Crippen LogP contribution in [0.15, 0.2) is 62.7 Å². The third-order valence-corrected chi connectivity index (χ3v) is 6.42. The fourth-order valence-electron chi connectivity index (χ4n) is 2.42. The van der Waals surface area contributed by atoms with Crippen molar-refractivity contribution in [2.24, 2.45) is 0 Å². The van der Waals surface area contributed by atoms with Gasteiger partial charge >= 0.3 is 6.01 Å². The van der Waals surface area contributed by atoms with E-state index in [9.17, 15) is 13.2 Å². The normalized spacial score (nSPS) is 11.4. The van der Waals surface area contributed by atoms with E-state index in [1.54, 1.807) is 23.9 Å². The molecule has 0 aliphatic heterocycles. The molecule has 0 saturated heterocycles. The van der Waals surface area contributed by atoms with E-state index in [4.69, 9.17) is 4.42 Å². The Morgan fingerprint density at radius 2 is 1.89 bits per heavy atom. The van der Waals surface area contributed by atoms with Gasteiger partial charge in [0, 0.05) is 16.9 Å². The SMILES string of the molecule is CSc1cccc(-c2nnc(NC(=O)CCS(=O)(=O)c3ccc(C)cc3)o2)c1. The summed E-state index contributed by atoms with van der Waals surface area (Å²) in [4.78, 5) is 13.3. The lowest BCUT2D eigenvalue weighted by molar-refractivity contribution is -0.115. The van der Waals surface area contributed by atoms with Crippen LogP contribution in [0.3, 0.4) is 0 Å². The van der Waals surface area contributed by atoms with Crippen molar-refractivity contribution in [1.82, 2.24) is 10.2 Å². The number of benzene rings is 2. The molecule has 0 bridgehead atoms. The molecule has 1 aromatic heterocycles. The number of hydrogen-bond acceptors (Lipinski definition) is 7. The Morgan fingerprint density at radius 3 is 2.61 bits per heavy atom. The summed E-state index contributed by atoms with van der Waals surface area (Å²) in [6, 6.07) is 14.0. The standard InChI is InChI=1S/C19H19N3O4S2/c1-13-6-8-16(9-7-13)28(24,25)11-10-17(23)20-19-22-21-18(26-19)14-4-3-5-15(12-14)27-2/h3-9,12H,10-11H2,1-2H3,(H,20,22,23). The topological polar surface area (TPSA) is 102 Å². The maximum atomic E-state index is 12.3. The molecule has 0 aliphatic carbocycles. The number of nitrogens with one attached hydrogen (secondary N) is 1. The first-order valence-electron chi connectivity index (χ1n) is 8.44. The number of nitrogens with zero attached hydrogens (tertiary/aromatic N) is 2. The van der Waals surface area contributed by atoms with Crippen molar-refractivity contribution in [3.8, 4) is 11.5 Å². The summed E-state index contributed by atoms with van der Waals surface area (Å²) in [6.45, 7) is 1.87. The van der Waals surface area contributed by atoms with Gasteiger partial charge in [-0.2, -0.15) is 0 Å². The van der Waals surface area contributed by atoms with E-state index in [2.05, 4.69) is 15.5 Å². The first-order valence-corrected chi connectivity index (χ1v) is 11.3. The molecule has 3 aromatic rings. The maximum absolute atomic E-state index is 12.3. The highest BCUT2D eigenvalue weighted by atomic mass is 32.2. The van der Waals surface area contributed by atoms with Crippen molar-refractivity contribution in [3.05, 3.63) is 54.1 Å². The molecular formula is C19H19N3O4S2. The van der Waals surface area contributed by atoms with E-state index in [-0.39, 0.29) is 29.0 Å². The van der Waals surface area contributed by atoms with E-state index in [0.29, 0.717) is 0 Å². The number of aromatic nitrogens is 2. The van der Waals surface area contributed by atoms with Crippen LogP contribution in [-0.4, -0.2) is 36.5 Å². The molecule has 0 aliphatic rings. The van der Waals surface area contributed by atoms with Gasteiger partial charge < -0.3 is 4.42 Å². The van der Waals surface area contributed by atoms with Crippen LogP contribution in [0.25, 0.3) is 11.5 Å². The molecule has 146 valence electrons. The quantitative estimate of drug-likeness (QED) is 0.586. The van der Waals surface area contributed by atoms with Crippen molar-refractivity contribution in [1.29, 1.82) is 0 Å². The van der Waals surface area contributed by atoms with Crippen LogP contribution in [0, 0.1) is 6.92 Å². The van der Waals surface area contributed by atoms with Crippen molar-refractivity contribution >= 4 is 33.5 Å². The molecule has 3 rings (SSSR count). The second-order valence-electron chi connectivity index (χ2n) is 6.07. The molecule has 1 N–H and O–H groups in total. The third kappa shape index (κ3) is 4.99. The summed E-state index contributed by atoms with van der Waals surface area (Å²) < 4.78 is 30.1. The zero-order valence-corrected chi connectivity index (χ0v) is 17.0. The Hall–Kier alpha value is -2.65. The fraction of sp³-hybridized carbons (Fsp3) is 0.211. The number of sulfone groups is 1. The second-order valence-corrected chi connectivity index (χ2v) is 9.06. The van der Waals surface area contributed by atoms with Crippen LogP contribution in [0.1, 0.15) is 12.0 Å². The smallest absolute Gasteiger partial charge is 0.322 e. The molecule has 0 spiro atoms. The van der Waals surface area contributed by atoms with Gasteiger partial charge in [0.1, 0.15) is 0 Å². The number of carbonyl (C=O) groups is 1. The molecule has 1 amide bonds. The van der Waals surface area contributed by atoms with E-state index >= 15 is 0 Å². The zero-order valence-electron chi connectivity index (χ0n) is 15.4. The Labute approximate surface area is 167 Å². The Bertz CT molecular complexity index is 1080. The molecular weight excluding hydrogens is 398 g/mol. The summed E-state index contributed by atoms with van der Waals surface area (Å²) in [5.74, 6) is -0.541. The summed E-state index contributed by atoms with van der Waals surface area (Å²) in [7, 11) is -3.54. The van der Waals surface area contributed by atoms with Crippen LogP contribution in [0.5, 0.6) is 0 Å². The minimum atomic E-state index is -3.54. The Kier molecular flexibility index (Phi) is 6.15. The van der Waals surface area contributed by atoms with E-state index in [1.165, 1.54) is 12.1 Å². The molecule has 7 nitrogen and oxygen atoms in total. The van der Waals surface area contributed by atoms with Gasteiger partial charge in [-0.3, -0.25) is 10.1 Å². The van der Waals surface area contributed by atoms with Gasteiger partial charge in [-0.05, 0) is 43.5 Å². The number of hydrogen-bond donors (Lipinski definition) is 1. The molecule has 28 heavy (non-hydrogen) atoms. The lowest BCUT2D eigenvalue weighted by atomic mass is 10.2. The Balaban J connectivity index is 1.61. The van der Waals surface area contributed by atoms with Crippen molar-refractivity contribution in [2.75, 3.05) is 17.3 Å². The minimum Gasteiger partial charge on any atom is -0.403 e. The third-order valence-electron chi connectivity index (χ3n) is 3.97. The number of rotatable bonds is 7. The predicted molar refractivity (Wildman–Crippen MR) is 108 cm³/mol. The summed E-state index contributed by atoms with van der Waals surface area (Å²) in [5.41, 5.74) is 1.70. The Morgan fingerprint density at radius 1 is 1.14 bits per heavy atom. The van der Waals surface area contributed by atoms with Crippen LogP contribution in [0.4, 0.5) is 6.01 Å². The van der Waals surface area contributed by atoms with Gasteiger partial charge in [-0.25, -0.2) is 8.42 Å². The van der Waals surface area contributed by atoms with Gasteiger partial charge in [0.15, 0.2) is 9.84 Å². The van der Waals surface area contributed by atoms with Crippen LogP contribution in [-0.2, 0) is 14.6 Å². The van der Waals surface area contributed by atoms with Crippen LogP contribution >= 0.6 is 11.8 Å². The van der Waals surface area contributed by atoms with Crippen molar-refractivity contribution in [2.45, 2.75) is 23.1 Å². The van der Waals surface area contributed by atoms with Gasteiger partial charge in [0.05, 0.1) is 10.6 Å². The van der Waals surface area contributed by atoms with Gasteiger partial charge in [0.25, 0.3) is 0 Å². The first-order chi connectivity index (χ1) is 13.4. The molecule has 0 unspecified atom stereocenters. The molecule has 0 fully saturated rings. The molecule has 9 heteroatoms. The first kappa shape index (κ1) is 20.1. The molecule has 0 saturated carbocycles. The minimum absolute atomic E-state index is 0.0673. The average molecular weight is 418 g/mol. The lowest BCUT2D eigenvalue weighted by Crippen LogP contribution is -2.17. The van der Waals surface area contributed by atoms with E-state index in [1.807, 2.05) is 37.4 Å². The highest BCUT2D eigenvalue weighted by Gasteiger charge is 2.18. The second kappa shape index (κ2) is 8.57. The van der Waals surface area contributed by atoms with Gasteiger partial charge in [-0.1, -0.05) is 28.9 Å². The van der Waals surface area contributed by atoms with Gasteiger partial charge in [-0.15, -0.1) is 16.9 Å². The average Bonchev–Trinajstić information content (AvgIpc) is 3.15. The molecule has 1 heterocycles. The lowest BCUT2D eigenvalue weighted by Gasteiger charge is -2.04. The van der Waals surface area contributed by atoms with E-state index < -0.39 is 15.7 Å². The van der Waals surface area contributed by atoms with Crippen molar-refractivity contribution in [3.63, 3.8) is 0 Å². The number of aryl methyl sites for hydroxylation is 1. The van der Waals surface area contributed by atoms with Gasteiger partial charge in [0.2, 0.25) is 11.8 Å². The van der Waals surface area contributed by atoms with Crippen LogP contribution < -0.4 is 5.32 Å². The molecule has 2 aromatic carbocycles. The van der Waals surface area contributed by atoms with E-state index in [0.717, 1.165) is 16.0 Å². The fourth-order valence-corrected chi connectivity index (χ4v) is 4.12. The monoisotopic (exact) mass is 417 g/mol.